The van der Waals surface area contributed by atoms with E-state index in [2.05, 4.69) is 20.8 Å². The monoisotopic (exact) mass is 271 g/mol. The Morgan fingerprint density at radius 1 is 1.72 bits per heavy atom. The summed E-state index contributed by atoms with van der Waals surface area (Å²) in [6, 6.07) is 0. The highest BCUT2D eigenvalue weighted by Gasteiger charge is 2.21. The van der Waals surface area contributed by atoms with E-state index in [4.69, 9.17) is 4.74 Å². The number of ether oxygens (including phenoxy) is 1. The van der Waals surface area contributed by atoms with Gasteiger partial charge in [0.15, 0.2) is 0 Å². The second kappa shape index (κ2) is 6.14. The molecule has 8 heteroatoms. The highest BCUT2D eigenvalue weighted by molar-refractivity contribution is 8.00. The van der Waals surface area contributed by atoms with E-state index in [1.54, 1.807) is 11.7 Å². The Morgan fingerprint density at radius 3 is 3.22 bits per heavy atom. The maximum Gasteiger partial charge on any atom is 0.233 e. The molecule has 1 aliphatic rings. The molecule has 0 spiro atoms. The van der Waals surface area contributed by atoms with Crippen molar-refractivity contribution in [1.82, 2.24) is 25.5 Å². The van der Waals surface area contributed by atoms with Crippen molar-refractivity contribution in [2.45, 2.75) is 42.8 Å². The SMILES string of the molecule is CNC(=O)[C@H](C)Sc1nnnn1C[C@@H]1CCCO1. The Kier molecular flexibility index (Phi) is 4.54. The van der Waals surface area contributed by atoms with Crippen LogP contribution < -0.4 is 5.32 Å². The molecule has 0 aliphatic carbocycles. The van der Waals surface area contributed by atoms with Crippen molar-refractivity contribution >= 4 is 17.7 Å². The van der Waals surface area contributed by atoms with Gasteiger partial charge < -0.3 is 10.1 Å². The molecule has 1 amide bonds. The highest BCUT2D eigenvalue weighted by Crippen LogP contribution is 2.22. The molecule has 1 aromatic rings. The third-order valence-corrected chi connectivity index (χ3v) is 3.87. The van der Waals surface area contributed by atoms with Crippen LogP contribution in [0.2, 0.25) is 0 Å². The molecule has 18 heavy (non-hydrogen) atoms. The summed E-state index contributed by atoms with van der Waals surface area (Å²) in [6.45, 7) is 3.29. The lowest BCUT2D eigenvalue weighted by atomic mass is 10.2. The molecule has 100 valence electrons. The summed E-state index contributed by atoms with van der Waals surface area (Å²) < 4.78 is 7.26. The molecule has 1 saturated heterocycles. The number of nitrogens with one attached hydrogen (secondary N) is 1. The molecule has 2 atom stereocenters. The predicted molar refractivity (Wildman–Crippen MR) is 66.2 cm³/mol. The lowest BCUT2D eigenvalue weighted by Crippen LogP contribution is -2.27. The van der Waals surface area contributed by atoms with Crippen molar-refractivity contribution in [3.05, 3.63) is 0 Å². The zero-order valence-electron chi connectivity index (χ0n) is 10.5. The Hall–Kier alpha value is -1.15. The number of hydrogen-bond acceptors (Lipinski definition) is 6. The Labute approximate surface area is 110 Å². The minimum Gasteiger partial charge on any atom is -0.376 e. The minimum atomic E-state index is -0.218. The molecule has 0 aromatic carbocycles. The van der Waals surface area contributed by atoms with E-state index in [1.165, 1.54) is 11.8 Å². The van der Waals surface area contributed by atoms with Crippen LogP contribution in [0.25, 0.3) is 0 Å². The quantitative estimate of drug-likeness (QED) is 0.764. The van der Waals surface area contributed by atoms with Gasteiger partial charge in [-0.15, -0.1) is 5.10 Å². The molecule has 0 radical (unpaired) electrons. The van der Waals surface area contributed by atoms with Gasteiger partial charge in [-0.3, -0.25) is 4.79 Å². The molecule has 2 rings (SSSR count). The molecule has 0 unspecified atom stereocenters. The third-order valence-electron chi connectivity index (χ3n) is 2.80. The van der Waals surface area contributed by atoms with Gasteiger partial charge in [-0.25, -0.2) is 4.68 Å². The molecule has 0 bridgehead atoms. The average molecular weight is 271 g/mol. The predicted octanol–water partition coefficient (Wildman–Crippen LogP) is 0.0787. The second-order valence-electron chi connectivity index (χ2n) is 4.15. The van der Waals surface area contributed by atoms with Crippen LogP contribution in [0.5, 0.6) is 0 Å². The van der Waals surface area contributed by atoms with E-state index in [0.29, 0.717) is 11.7 Å². The second-order valence-corrected chi connectivity index (χ2v) is 5.46. The maximum absolute atomic E-state index is 11.5. The van der Waals surface area contributed by atoms with Crippen molar-refractivity contribution in [1.29, 1.82) is 0 Å². The molecule has 1 fully saturated rings. The average Bonchev–Trinajstić information content (AvgIpc) is 3.01. The van der Waals surface area contributed by atoms with E-state index in [9.17, 15) is 4.79 Å². The van der Waals surface area contributed by atoms with Crippen molar-refractivity contribution < 1.29 is 9.53 Å². The highest BCUT2D eigenvalue weighted by atomic mass is 32.2. The molecule has 1 aliphatic heterocycles. The third kappa shape index (κ3) is 3.20. The van der Waals surface area contributed by atoms with Crippen LogP contribution in [0.4, 0.5) is 0 Å². The first-order valence-corrected chi connectivity index (χ1v) is 6.84. The number of amides is 1. The van der Waals surface area contributed by atoms with Crippen LogP contribution in [0, 0.1) is 0 Å². The first-order chi connectivity index (χ1) is 8.70. The first kappa shape index (κ1) is 13.3. The zero-order chi connectivity index (χ0) is 13.0. The summed E-state index contributed by atoms with van der Waals surface area (Å²) in [7, 11) is 1.62. The number of tetrazole rings is 1. The van der Waals surface area contributed by atoms with Crippen LogP contribution in [-0.4, -0.2) is 51.1 Å². The van der Waals surface area contributed by atoms with Crippen LogP contribution >= 0.6 is 11.8 Å². The van der Waals surface area contributed by atoms with Gasteiger partial charge in [0.2, 0.25) is 11.1 Å². The Bertz CT molecular complexity index is 405. The van der Waals surface area contributed by atoms with Crippen molar-refractivity contribution in [2.24, 2.45) is 0 Å². The molecule has 1 N–H and O–H groups in total. The van der Waals surface area contributed by atoms with Gasteiger partial charge in [0, 0.05) is 13.7 Å². The fraction of sp³-hybridized carbons (Fsp3) is 0.800. The maximum atomic E-state index is 11.5. The van der Waals surface area contributed by atoms with Crippen molar-refractivity contribution in [3.8, 4) is 0 Å². The van der Waals surface area contributed by atoms with Gasteiger partial charge in [-0.05, 0) is 30.2 Å². The van der Waals surface area contributed by atoms with E-state index >= 15 is 0 Å². The van der Waals surface area contributed by atoms with Crippen LogP contribution in [0.15, 0.2) is 5.16 Å². The van der Waals surface area contributed by atoms with E-state index in [1.807, 2.05) is 6.92 Å². The smallest absolute Gasteiger partial charge is 0.233 e. The van der Waals surface area contributed by atoms with Gasteiger partial charge in [0.05, 0.1) is 17.9 Å². The molecule has 0 saturated carbocycles. The van der Waals surface area contributed by atoms with Gasteiger partial charge in [-0.1, -0.05) is 11.8 Å². The van der Waals surface area contributed by atoms with Crippen LogP contribution in [0.3, 0.4) is 0 Å². The molecular weight excluding hydrogens is 254 g/mol. The molecular formula is C10H17N5O2S. The fourth-order valence-corrected chi connectivity index (χ4v) is 2.65. The summed E-state index contributed by atoms with van der Waals surface area (Å²) in [5, 5.41) is 14.6. The normalized spacial score (nSPS) is 20.9. The van der Waals surface area contributed by atoms with Gasteiger partial charge in [0.25, 0.3) is 0 Å². The van der Waals surface area contributed by atoms with Crippen molar-refractivity contribution in [2.75, 3.05) is 13.7 Å². The summed E-state index contributed by atoms with van der Waals surface area (Å²) in [5.41, 5.74) is 0. The number of aromatic nitrogens is 4. The number of carbonyl (C=O) groups excluding carboxylic acids is 1. The lowest BCUT2D eigenvalue weighted by molar-refractivity contribution is -0.119. The van der Waals surface area contributed by atoms with Crippen molar-refractivity contribution in [3.63, 3.8) is 0 Å². The lowest BCUT2D eigenvalue weighted by Gasteiger charge is -2.12. The summed E-state index contributed by atoms with van der Waals surface area (Å²) >= 11 is 1.35. The number of rotatable bonds is 5. The van der Waals surface area contributed by atoms with Crippen LogP contribution in [-0.2, 0) is 16.1 Å². The molecule has 7 nitrogen and oxygen atoms in total. The van der Waals surface area contributed by atoms with Gasteiger partial charge >= 0.3 is 0 Å². The Balaban J connectivity index is 1.96. The first-order valence-electron chi connectivity index (χ1n) is 5.96. The number of thioether (sulfide) groups is 1. The topological polar surface area (TPSA) is 81.9 Å². The summed E-state index contributed by atoms with van der Waals surface area (Å²) in [5.74, 6) is -0.0355. The van der Waals surface area contributed by atoms with Gasteiger partial charge in [-0.2, -0.15) is 0 Å². The molecule has 1 aromatic heterocycles. The zero-order valence-corrected chi connectivity index (χ0v) is 11.3. The van der Waals surface area contributed by atoms with Gasteiger partial charge in [0.1, 0.15) is 0 Å². The summed E-state index contributed by atoms with van der Waals surface area (Å²) in [6.07, 6.45) is 2.31. The number of hydrogen-bond donors (Lipinski definition) is 1. The minimum absolute atomic E-state index is 0.0355. The largest absolute Gasteiger partial charge is 0.376 e. The Morgan fingerprint density at radius 2 is 2.56 bits per heavy atom. The summed E-state index contributed by atoms with van der Waals surface area (Å²) in [4.78, 5) is 11.5. The van der Waals surface area contributed by atoms with E-state index in [-0.39, 0.29) is 17.3 Å². The molecule has 2 heterocycles. The number of nitrogens with zero attached hydrogens (tertiary/aromatic N) is 4. The standard InChI is InChI=1S/C10H17N5O2S/c1-7(9(16)11-2)18-10-12-13-14-15(10)6-8-4-3-5-17-8/h7-8H,3-6H2,1-2H3,(H,11,16)/t7-,8-/m0/s1. The number of carbonyl (C=O) groups is 1. The van der Waals surface area contributed by atoms with E-state index in [0.717, 1.165) is 19.4 Å². The van der Waals surface area contributed by atoms with Crippen LogP contribution in [0.1, 0.15) is 19.8 Å². The van der Waals surface area contributed by atoms with E-state index < -0.39 is 0 Å². The fourth-order valence-electron chi connectivity index (χ4n) is 1.79.